The molecule has 0 atom stereocenters. The van der Waals surface area contributed by atoms with Gasteiger partial charge >= 0.3 is 6.18 Å². The lowest BCUT2D eigenvalue weighted by Crippen LogP contribution is -2.47. The first-order valence-electron chi connectivity index (χ1n) is 6.43. The number of nitrogens with zero attached hydrogens (tertiary/aromatic N) is 3. The van der Waals surface area contributed by atoms with Crippen molar-refractivity contribution in [3.05, 3.63) is 18.0 Å². The van der Waals surface area contributed by atoms with Gasteiger partial charge in [0.05, 0.1) is 6.61 Å². The molecule has 1 heterocycles. The Morgan fingerprint density at radius 1 is 1.50 bits per heavy atom. The third-order valence-corrected chi connectivity index (χ3v) is 3.41. The molecular weight excluding hydrogens is 275 g/mol. The van der Waals surface area contributed by atoms with E-state index in [-0.39, 0.29) is 31.6 Å². The summed E-state index contributed by atoms with van der Waals surface area (Å²) in [6.45, 7) is -0.196. The highest BCUT2D eigenvalue weighted by Gasteiger charge is 2.34. The first-order valence-corrected chi connectivity index (χ1v) is 6.43. The van der Waals surface area contributed by atoms with Crippen LogP contribution in [0.25, 0.3) is 0 Å². The van der Waals surface area contributed by atoms with E-state index in [4.69, 9.17) is 5.11 Å². The van der Waals surface area contributed by atoms with Gasteiger partial charge in [-0.15, -0.1) is 0 Å². The molecule has 1 saturated carbocycles. The summed E-state index contributed by atoms with van der Waals surface area (Å²) in [5.41, 5.74) is -1.01. The summed E-state index contributed by atoms with van der Waals surface area (Å²) in [7, 11) is 0. The zero-order valence-electron chi connectivity index (χ0n) is 10.8. The summed E-state index contributed by atoms with van der Waals surface area (Å²) >= 11 is 0. The van der Waals surface area contributed by atoms with Gasteiger partial charge in [-0.2, -0.15) is 18.3 Å². The fourth-order valence-corrected chi connectivity index (χ4v) is 2.15. The lowest BCUT2D eigenvalue weighted by Gasteiger charge is -2.37. The Kier molecular flexibility index (Phi) is 4.32. The van der Waals surface area contributed by atoms with E-state index >= 15 is 0 Å². The van der Waals surface area contributed by atoms with Crippen LogP contribution in [0.4, 0.5) is 13.2 Å². The fraction of sp³-hybridized carbons (Fsp3) is 0.667. The SMILES string of the molecule is O=C(Cn1ccc(C(F)(F)F)n1)N(CCO)C1CCC1. The topological polar surface area (TPSA) is 58.4 Å². The number of aliphatic hydroxyl groups excluding tert-OH is 1. The lowest BCUT2D eigenvalue weighted by atomic mass is 9.91. The van der Waals surface area contributed by atoms with E-state index in [1.807, 2.05) is 0 Å². The van der Waals surface area contributed by atoms with Crippen molar-refractivity contribution in [3.63, 3.8) is 0 Å². The van der Waals surface area contributed by atoms with Gasteiger partial charge in [-0.3, -0.25) is 9.48 Å². The normalized spacial score (nSPS) is 16.0. The Morgan fingerprint density at radius 2 is 2.20 bits per heavy atom. The standard InChI is InChI=1S/C12H16F3N3O2/c13-12(14,15)10-4-5-17(16-10)8-11(20)18(6-7-19)9-2-1-3-9/h4-5,9,19H,1-3,6-8H2. The number of amides is 1. The molecule has 1 aromatic rings. The second kappa shape index (κ2) is 5.82. The van der Waals surface area contributed by atoms with Crippen molar-refractivity contribution in [2.24, 2.45) is 0 Å². The molecule has 1 aliphatic rings. The van der Waals surface area contributed by atoms with Crippen molar-refractivity contribution >= 4 is 5.91 Å². The van der Waals surface area contributed by atoms with Crippen LogP contribution in [-0.2, 0) is 17.5 Å². The van der Waals surface area contributed by atoms with E-state index in [0.717, 1.165) is 36.2 Å². The molecule has 0 unspecified atom stereocenters. The van der Waals surface area contributed by atoms with Crippen molar-refractivity contribution in [1.82, 2.24) is 14.7 Å². The van der Waals surface area contributed by atoms with Crippen molar-refractivity contribution < 1.29 is 23.1 Å². The molecule has 2 rings (SSSR count). The number of rotatable bonds is 5. The number of carbonyl (C=O) groups excluding carboxylic acids is 1. The third kappa shape index (κ3) is 3.30. The molecule has 5 nitrogen and oxygen atoms in total. The molecule has 8 heteroatoms. The molecule has 1 aromatic heterocycles. The van der Waals surface area contributed by atoms with E-state index < -0.39 is 11.9 Å². The maximum Gasteiger partial charge on any atom is 0.435 e. The lowest BCUT2D eigenvalue weighted by molar-refractivity contribution is -0.142. The molecule has 0 aliphatic heterocycles. The molecule has 0 radical (unpaired) electrons. The van der Waals surface area contributed by atoms with E-state index in [9.17, 15) is 18.0 Å². The van der Waals surface area contributed by atoms with Crippen LogP contribution >= 0.6 is 0 Å². The molecule has 0 spiro atoms. The van der Waals surface area contributed by atoms with E-state index in [1.165, 1.54) is 4.90 Å². The summed E-state index contributed by atoms with van der Waals surface area (Å²) in [6, 6.07) is 0.930. The van der Waals surface area contributed by atoms with Gasteiger partial charge in [0, 0.05) is 18.8 Å². The van der Waals surface area contributed by atoms with Gasteiger partial charge in [0.15, 0.2) is 5.69 Å². The average molecular weight is 291 g/mol. The van der Waals surface area contributed by atoms with Crippen LogP contribution in [0.1, 0.15) is 25.0 Å². The van der Waals surface area contributed by atoms with E-state index in [0.29, 0.717) is 0 Å². The third-order valence-electron chi connectivity index (χ3n) is 3.41. The van der Waals surface area contributed by atoms with Crippen molar-refractivity contribution in [2.75, 3.05) is 13.2 Å². The minimum absolute atomic E-state index is 0.0901. The van der Waals surface area contributed by atoms with Crippen LogP contribution in [0.5, 0.6) is 0 Å². The summed E-state index contributed by atoms with van der Waals surface area (Å²) in [6.07, 6.45) is -0.594. The van der Waals surface area contributed by atoms with E-state index in [1.54, 1.807) is 0 Å². The molecule has 1 amide bonds. The number of hydrogen-bond acceptors (Lipinski definition) is 3. The predicted octanol–water partition coefficient (Wildman–Crippen LogP) is 1.28. The minimum atomic E-state index is -4.51. The Morgan fingerprint density at radius 3 is 2.65 bits per heavy atom. The largest absolute Gasteiger partial charge is 0.435 e. The Hall–Kier alpha value is -1.57. The van der Waals surface area contributed by atoms with Crippen LogP contribution in [0.2, 0.25) is 0 Å². The van der Waals surface area contributed by atoms with Crippen LogP contribution in [0.3, 0.4) is 0 Å². The fourth-order valence-electron chi connectivity index (χ4n) is 2.15. The number of halogens is 3. The van der Waals surface area contributed by atoms with Crippen LogP contribution in [-0.4, -0.2) is 44.9 Å². The summed E-state index contributed by atoms with van der Waals surface area (Å²) in [5, 5.41) is 12.3. The van der Waals surface area contributed by atoms with Gasteiger partial charge in [-0.1, -0.05) is 0 Å². The summed E-state index contributed by atoms with van der Waals surface area (Å²) in [5.74, 6) is -0.319. The molecular formula is C12H16F3N3O2. The van der Waals surface area contributed by atoms with Crippen molar-refractivity contribution in [3.8, 4) is 0 Å². The molecule has 1 fully saturated rings. The predicted molar refractivity (Wildman–Crippen MR) is 63.7 cm³/mol. The van der Waals surface area contributed by atoms with Crippen molar-refractivity contribution in [1.29, 1.82) is 0 Å². The Labute approximate surface area is 114 Å². The second-order valence-corrected chi connectivity index (χ2v) is 4.79. The van der Waals surface area contributed by atoms with Crippen LogP contribution in [0.15, 0.2) is 12.3 Å². The van der Waals surface area contributed by atoms with Gasteiger partial charge in [-0.25, -0.2) is 0 Å². The summed E-state index contributed by atoms with van der Waals surface area (Å²) < 4.78 is 38.2. The second-order valence-electron chi connectivity index (χ2n) is 4.79. The number of hydrogen-bond donors (Lipinski definition) is 1. The number of aliphatic hydroxyl groups is 1. The highest BCUT2D eigenvalue weighted by Crippen LogP contribution is 2.27. The zero-order chi connectivity index (χ0) is 14.8. The van der Waals surface area contributed by atoms with Gasteiger partial charge in [0.25, 0.3) is 0 Å². The Bertz CT molecular complexity index is 469. The summed E-state index contributed by atoms with van der Waals surface area (Å²) in [4.78, 5) is 13.6. The van der Waals surface area contributed by atoms with Crippen molar-refractivity contribution in [2.45, 2.75) is 38.0 Å². The van der Waals surface area contributed by atoms with Gasteiger partial charge in [0.2, 0.25) is 5.91 Å². The monoisotopic (exact) mass is 291 g/mol. The first-order chi connectivity index (χ1) is 9.41. The smallest absolute Gasteiger partial charge is 0.395 e. The highest BCUT2D eigenvalue weighted by molar-refractivity contribution is 5.76. The first kappa shape index (κ1) is 14.8. The number of alkyl halides is 3. The number of carbonyl (C=O) groups is 1. The van der Waals surface area contributed by atoms with Gasteiger partial charge < -0.3 is 10.0 Å². The zero-order valence-corrected chi connectivity index (χ0v) is 10.8. The molecule has 0 saturated heterocycles. The van der Waals surface area contributed by atoms with E-state index in [2.05, 4.69) is 5.10 Å². The molecule has 1 N–H and O–H groups in total. The Balaban J connectivity index is 2.00. The van der Waals surface area contributed by atoms with Crippen LogP contribution in [0, 0.1) is 0 Å². The van der Waals surface area contributed by atoms with Crippen LogP contribution < -0.4 is 0 Å². The number of aromatic nitrogens is 2. The molecule has 112 valence electrons. The molecule has 20 heavy (non-hydrogen) atoms. The average Bonchev–Trinajstić information content (AvgIpc) is 2.74. The maximum atomic E-state index is 12.4. The molecule has 0 bridgehead atoms. The molecule has 1 aliphatic carbocycles. The minimum Gasteiger partial charge on any atom is -0.395 e. The quantitative estimate of drug-likeness (QED) is 0.889. The maximum absolute atomic E-state index is 12.4. The molecule has 0 aromatic carbocycles. The van der Waals surface area contributed by atoms with Gasteiger partial charge in [-0.05, 0) is 25.3 Å². The highest BCUT2D eigenvalue weighted by atomic mass is 19.4. The van der Waals surface area contributed by atoms with Gasteiger partial charge in [0.1, 0.15) is 6.54 Å².